The van der Waals surface area contributed by atoms with Crippen molar-refractivity contribution in [3.63, 3.8) is 0 Å². The van der Waals surface area contributed by atoms with Gasteiger partial charge in [-0.05, 0) is 31.1 Å². The zero-order chi connectivity index (χ0) is 12.1. The van der Waals surface area contributed by atoms with Crippen LogP contribution in [0, 0.1) is 23.7 Å². The normalized spacial score (nSPS) is 9.56. The van der Waals surface area contributed by atoms with Crippen LogP contribution in [-0.2, 0) is 4.79 Å². The molecule has 1 N–H and O–H groups in total. The topological polar surface area (TPSA) is 37.3 Å². The van der Waals surface area contributed by atoms with E-state index in [1.54, 1.807) is 12.2 Å². The van der Waals surface area contributed by atoms with Crippen LogP contribution in [0.4, 0.5) is 0 Å². The van der Waals surface area contributed by atoms with Crippen molar-refractivity contribution < 1.29 is 9.90 Å². The summed E-state index contributed by atoms with van der Waals surface area (Å²) >= 11 is 0. The Morgan fingerprint density at radius 2 is 1.88 bits per heavy atom. The van der Waals surface area contributed by atoms with Crippen LogP contribution >= 0.6 is 0 Å². The second kappa shape index (κ2) is 11.1. The Morgan fingerprint density at radius 1 is 1.19 bits per heavy atom. The lowest BCUT2D eigenvalue weighted by Crippen LogP contribution is -1.92. The summed E-state index contributed by atoms with van der Waals surface area (Å²) in [5.41, 5.74) is 0. The predicted molar refractivity (Wildman–Crippen MR) is 65.6 cm³/mol. The first-order valence-electron chi connectivity index (χ1n) is 5.28. The van der Waals surface area contributed by atoms with Gasteiger partial charge < -0.3 is 5.11 Å². The molecule has 0 radical (unpaired) electrons. The summed E-state index contributed by atoms with van der Waals surface area (Å²) in [6.07, 6.45) is 9.53. The van der Waals surface area contributed by atoms with E-state index < -0.39 is 5.97 Å². The summed E-state index contributed by atoms with van der Waals surface area (Å²) < 4.78 is 0. The Bertz CT molecular complexity index is 367. The molecule has 16 heavy (non-hydrogen) atoms. The first-order chi connectivity index (χ1) is 7.77. The second-order valence-electron chi connectivity index (χ2n) is 3.00. The van der Waals surface area contributed by atoms with Crippen LogP contribution in [0.5, 0.6) is 0 Å². The summed E-state index contributed by atoms with van der Waals surface area (Å²) in [7, 11) is 0. The Hall–Kier alpha value is -1.93. The number of aliphatic carboxylic acids is 1. The molecule has 0 saturated heterocycles. The minimum absolute atomic E-state index is 0.181. The summed E-state index contributed by atoms with van der Waals surface area (Å²) in [5.74, 6) is 10.5. The summed E-state index contributed by atoms with van der Waals surface area (Å²) in [6, 6.07) is 0. The molecule has 0 rings (SSSR count). The Labute approximate surface area is 97.1 Å². The number of rotatable bonds is 4. The van der Waals surface area contributed by atoms with Gasteiger partial charge in [-0.3, -0.25) is 4.79 Å². The van der Waals surface area contributed by atoms with Gasteiger partial charge >= 0.3 is 5.97 Å². The van der Waals surface area contributed by atoms with Crippen LogP contribution in [0.3, 0.4) is 0 Å². The molecule has 0 aliphatic rings. The average Bonchev–Trinajstić information content (AvgIpc) is 2.25. The van der Waals surface area contributed by atoms with E-state index in [4.69, 9.17) is 5.11 Å². The van der Waals surface area contributed by atoms with E-state index in [0.29, 0.717) is 12.8 Å². The minimum Gasteiger partial charge on any atom is -0.481 e. The lowest BCUT2D eigenvalue weighted by Gasteiger charge is -1.86. The lowest BCUT2D eigenvalue weighted by atomic mass is 10.2. The van der Waals surface area contributed by atoms with Crippen LogP contribution in [0.15, 0.2) is 24.3 Å². The highest BCUT2D eigenvalue weighted by molar-refractivity contribution is 5.66. The fourth-order valence-electron chi connectivity index (χ4n) is 0.815. The Morgan fingerprint density at radius 3 is 2.56 bits per heavy atom. The quantitative estimate of drug-likeness (QED) is 0.579. The molecule has 0 amide bonds. The van der Waals surface area contributed by atoms with Crippen LogP contribution in [0.1, 0.15) is 32.6 Å². The van der Waals surface area contributed by atoms with Gasteiger partial charge in [0.05, 0.1) is 0 Å². The molecule has 0 aromatic heterocycles. The molecule has 0 aromatic carbocycles. The van der Waals surface area contributed by atoms with E-state index in [0.717, 1.165) is 6.42 Å². The maximum absolute atomic E-state index is 10.2. The first-order valence-corrected chi connectivity index (χ1v) is 5.28. The average molecular weight is 216 g/mol. The van der Waals surface area contributed by atoms with Crippen LogP contribution in [-0.4, -0.2) is 11.1 Å². The molecule has 0 atom stereocenters. The van der Waals surface area contributed by atoms with Gasteiger partial charge in [0.15, 0.2) is 0 Å². The monoisotopic (exact) mass is 216 g/mol. The van der Waals surface area contributed by atoms with Crippen molar-refractivity contribution in [3.8, 4) is 23.7 Å². The molecule has 0 saturated carbocycles. The number of allylic oxidation sites excluding steroid dienone is 4. The maximum Gasteiger partial charge on any atom is 0.303 e. The van der Waals surface area contributed by atoms with E-state index in [-0.39, 0.29) is 6.42 Å². The number of carboxylic acids is 1. The zero-order valence-corrected chi connectivity index (χ0v) is 9.49. The number of carbonyl (C=O) groups is 1. The van der Waals surface area contributed by atoms with Gasteiger partial charge in [0, 0.05) is 12.8 Å². The van der Waals surface area contributed by atoms with Crippen molar-refractivity contribution in [2.75, 3.05) is 0 Å². The summed E-state index contributed by atoms with van der Waals surface area (Å²) in [4.78, 5) is 10.2. The molecule has 0 aliphatic heterocycles. The number of hydrogen-bond donors (Lipinski definition) is 1. The highest BCUT2D eigenvalue weighted by Gasteiger charge is 1.92. The highest BCUT2D eigenvalue weighted by atomic mass is 16.4. The SMILES string of the molecule is CC/C=C/C#C/C=C/C#CCCCC(=O)O. The molecule has 84 valence electrons. The van der Waals surface area contributed by atoms with Crippen molar-refractivity contribution in [2.45, 2.75) is 32.6 Å². The van der Waals surface area contributed by atoms with Crippen molar-refractivity contribution in [3.05, 3.63) is 24.3 Å². The third-order valence-electron chi connectivity index (χ3n) is 1.56. The van der Waals surface area contributed by atoms with Gasteiger partial charge in [-0.25, -0.2) is 0 Å². The van der Waals surface area contributed by atoms with Gasteiger partial charge in [0.2, 0.25) is 0 Å². The molecule has 0 bridgehead atoms. The van der Waals surface area contributed by atoms with Crippen LogP contribution in [0.25, 0.3) is 0 Å². The van der Waals surface area contributed by atoms with Crippen molar-refractivity contribution >= 4 is 5.97 Å². The molecule has 2 nitrogen and oxygen atoms in total. The van der Waals surface area contributed by atoms with E-state index in [9.17, 15) is 4.79 Å². The second-order valence-corrected chi connectivity index (χ2v) is 3.00. The summed E-state index contributed by atoms with van der Waals surface area (Å²) in [5, 5.41) is 8.37. The Balaban J connectivity index is 3.65. The van der Waals surface area contributed by atoms with Gasteiger partial charge in [-0.2, -0.15) is 0 Å². The van der Waals surface area contributed by atoms with E-state index >= 15 is 0 Å². The molecule has 0 unspecified atom stereocenters. The molecule has 0 heterocycles. The number of carboxylic acid groups (broad SMARTS) is 1. The molecule has 0 aromatic rings. The lowest BCUT2D eigenvalue weighted by molar-refractivity contribution is -0.137. The molecule has 0 spiro atoms. The maximum atomic E-state index is 10.2. The van der Waals surface area contributed by atoms with E-state index in [2.05, 4.69) is 30.6 Å². The van der Waals surface area contributed by atoms with Gasteiger partial charge in [0.1, 0.15) is 0 Å². The zero-order valence-electron chi connectivity index (χ0n) is 9.49. The third kappa shape index (κ3) is 12.1. The van der Waals surface area contributed by atoms with Gasteiger partial charge in [0.25, 0.3) is 0 Å². The molecule has 0 fully saturated rings. The van der Waals surface area contributed by atoms with E-state index in [1.807, 2.05) is 12.2 Å². The van der Waals surface area contributed by atoms with Crippen molar-refractivity contribution in [2.24, 2.45) is 0 Å². The van der Waals surface area contributed by atoms with Gasteiger partial charge in [-0.15, -0.1) is 0 Å². The fourth-order valence-corrected chi connectivity index (χ4v) is 0.815. The van der Waals surface area contributed by atoms with E-state index in [1.165, 1.54) is 0 Å². The molecular formula is C14H16O2. The number of hydrogen-bond acceptors (Lipinski definition) is 1. The standard InChI is InChI=1S/C14H16O2/c1-2-3-4-5-6-7-8-9-10-11-12-13-14(15)16/h3-4,7-8H,2,11-13H2,1H3,(H,15,16)/b4-3+,8-7+. The van der Waals surface area contributed by atoms with Crippen molar-refractivity contribution in [1.82, 2.24) is 0 Å². The van der Waals surface area contributed by atoms with Crippen LogP contribution in [0.2, 0.25) is 0 Å². The molecular weight excluding hydrogens is 200 g/mol. The predicted octanol–water partition coefficient (Wildman–Crippen LogP) is 2.77. The third-order valence-corrected chi connectivity index (χ3v) is 1.56. The highest BCUT2D eigenvalue weighted by Crippen LogP contribution is 1.92. The fraction of sp³-hybridized carbons (Fsp3) is 0.357. The summed E-state index contributed by atoms with van der Waals surface area (Å²) in [6.45, 7) is 2.05. The van der Waals surface area contributed by atoms with Crippen molar-refractivity contribution in [1.29, 1.82) is 0 Å². The van der Waals surface area contributed by atoms with Crippen LogP contribution < -0.4 is 0 Å². The smallest absolute Gasteiger partial charge is 0.303 e. The molecule has 0 aliphatic carbocycles. The Kier molecular flexibility index (Phi) is 9.80. The van der Waals surface area contributed by atoms with Gasteiger partial charge in [-0.1, -0.05) is 36.7 Å². The molecule has 2 heteroatoms. The first kappa shape index (κ1) is 14.1. The minimum atomic E-state index is -0.772. The number of unbranched alkanes of at least 4 members (excludes halogenated alkanes) is 1. The largest absolute Gasteiger partial charge is 0.481 e.